The summed E-state index contributed by atoms with van der Waals surface area (Å²) in [4.78, 5) is 13.5. The predicted molar refractivity (Wildman–Crippen MR) is 72.3 cm³/mol. The van der Waals surface area contributed by atoms with Crippen LogP contribution in [0, 0.1) is 0 Å². The SMILES string of the molecule is c1ccc2c(c1)ccc1nc3ncccc3nc12. The minimum atomic E-state index is 0.695. The third kappa shape index (κ3) is 1.27. The van der Waals surface area contributed by atoms with Crippen LogP contribution in [0.2, 0.25) is 0 Å². The lowest BCUT2D eigenvalue weighted by atomic mass is 10.1. The topological polar surface area (TPSA) is 38.7 Å². The molecule has 0 aliphatic carbocycles. The molecule has 4 rings (SSSR count). The number of aromatic nitrogens is 3. The Bertz CT molecular complexity index is 878. The van der Waals surface area contributed by atoms with Crippen LogP contribution >= 0.6 is 0 Å². The first-order chi connectivity index (χ1) is 8.92. The van der Waals surface area contributed by atoms with Crippen LogP contribution in [0.4, 0.5) is 0 Å². The summed E-state index contributed by atoms with van der Waals surface area (Å²) >= 11 is 0. The Labute approximate surface area is 103 Å². The van der Waals surface area contributed by atoms with Gasteiger partial charge in [-0.2, -0.15) is 0 Å². The zero-order valence-electron chi connectivity index (χ0n) is 9.54. The molecule has 0 unspecified atom stereocenters. The number of fused-ring (bicyclic) bond motifs is 4. The van der Waals surface area contributed by atoms with Gasteiger partial charge in [-0.25, -0.2) is 15.0 Å². The van der Waals surface area contributed by atoms with E-state index in [9.17, 15) is 0 Å². The Balaban J connectivity index is 2.27. The fourth-order valence-corrected chi connectivity index (χ4v) is 2.25. The second kappa shape index (κ2) is 3.47. The number of hydrogen-bond acceptors (Lipinski definition) is 3. The van der Waals surface area contributed by atoms with Crippen LogP contribution in [-0.2, 0) is 0 Å². The van der Waals surface area contributed by atoms with E-state index in [1.165, 1.54) is 5.39 Å². The molecule has 84 valence electrons. The molecule has 2 aromatic carbocycles. The lowest BCUT2D eigenvalue weighted by Crippen LogP contribution is -1.90. The van der Waals surface area contributed by atoms with Gasteiger partial charge in [0.15, 0.2) is 5.65 Å². The van der Waals surface area contributed by atoms with Crippen molar-refractivity contribution in [2.24, 2.45) is 0 Å². The summed E-state index contributed by atoms with van der Waals surface area (Å²) in [6.45, 7) is 0. The maximum Gasteiger partial charge on any atom is 0.178 e. The van der Waals surface area contributed by atoms with Crippen molar-refractivity contribution in [3.8, 4) is 0 Å². The summed E-state index contributed by atoms with van der Waals surface area (Å²) in [6.07, 6.45) is 1.74. The molecule has 2 aromatic heterocycles. The number of benzene rings is 2. The van der Waals surface area contributed by atoms with Crippen LogP contribution in [0.3, 0.4) is 0 Å². The molecule has 0 radical (unpaired) electrons. The van der Waals surface area contributed by atoms with E-state index in [0.717, 1.165) is 21.9 Å². The zero-order chi connectivity index (χ0) is 11.9. The highest BCUT2D eigenvalue weighted by molar-refractivity contribution is 6.05. The van der Waals surface area contributed by atoms with Crippen LogP contribution in [0.5, 0.6) is 0 Å². The molecule has 0 saturated carbocycles. The Morgan fingerprint density at radius 3 is 2.67 bits per heavy atom. The fourth-order valence-electron chi connectivity index (χ4n) is 2.25. The highest BCUT2D eigenvalue weighted by Gasteiger charge is 2.05. The first-order valence-electron chi connectivity index (χ1n) is 5.82. The van der Waals surface area contributed by atoms with Crippen molar-refractivity contribution < 1.29 is 0 Å². The van der Waals surface area contributed by atoms with Gasteiger partial charge < -0.3 is 0 Å². The Morgan fingerprint density at radius 2 is 1.67 bits per heavy atom. The van der Waals surface area contributed by atoms with Crippen molar-refractivity contribution >= 4 is 33.0 Å². The van der Waals surface area contributed by atoms with Gasteiger partial charge in [-0.3, -0.25) is 0 Å². The summed E-state index contributed by atoms with van der Waals surface area (Å²) in [5, 5.41) is 2.32. The van der Waals surface area contributed by atoms with Crippen molar-refractivity contribution in [3.05, 3.63) is 54.7 Å². The third-order valence-corrected chi connectivity index (χ3v) is 3.10. The van der Waals surface area contributed by atoms with Gasteiger partial charge in [0.05, 0.1) is 11.0 Å². The van der Waals surface area contributed by atoms with Gasteiger partial charge >= 0.3 is 0 Å². The molecule has 4 aromatic rings. The first kappa shape index (κ1) is 9.48. The summed E-state index contributed by atoms with van der Waals surface area (Å²) < 4.78 is 0. The molecule has 0 aliphatic rings. The van der Waals surface area contributed by atoms with Crippen LogP contribution in [-0.4, -0.2) is 15.0 Å². The number of nitrogens with zero attached hydrogens (tertiary/aromatic N) is 3. The summed E-state index contributed by atoms with van der Waals surface area (Å²) in [5.41, 5.74) is 3.36. The molecule has 0 atom stereocenters. The first-order valence-corrected chi connectivity index (χ1v) is 5.82. The van der Waals surface area contributed by atoms with Gasteiger partial charge in [-0.05, 0) is 23.6 Å². The zero-order valence-corrected chi connectivity index (χ0v) is 9.54. The molecule has 3 nitrogen and oxygen atoms in total. The standard InChI is InChI=1S/C15H9N3/c1-2-5-11-10(4-1)7-8-12-14(11)17-13-6-3-9-16-15(13)18-12/h1-9H. The van der Waals surface area contributed by atoms with Gasteiger partial charge in [0.25, 0.3) is 0 Å². The van der Waals surface area contributed by atoms with E-state index in [1.54, 1.807) is 6.20 Å². The van der Waals surface area contributed by atoms with Gasteiger partial charge in [0.1, 0.15) is 5.52 Å². The highest BCUT2D eigenvalue weighted by atomic mass is 14.9. The van der Waals surface area contributed by atoms with Crippen LogP contribution in [0.15, 0.2) is 54.7 Å². The molecule has 0 N–H and O–H groups in total. The number of rotatable bonds is 0. The average Bonchev–Trinajstić information content (AvgIpc) is 2.45. The summed E-state index contributed by atoms with van der Waals surface area (Å²) in [6, 6.07) is 16.1. The molecule has 0 aliphatic heterocycles. The molecule has 0 amide bonds. The van der Waals surface area contributed by atoms with E-state index in [4.69, 9.17) is 0 Å². The molecule has 0 bridgehead atoms. The third-order valence-electron chi connectivity index (χ3n) is 3.10. The van der Waals surface area contributed by atoms with Crippen LogP contribution in [0.1, 0.15) is 0 Å². The maximum atomic E-state index is 4.68. The van der Waals surface area contributed by atoms with Gasteiger partial charge in [0.2, 0.25) is 0 Å². The molecular weight excluding hydrogens is 222 g/mol. The second-order valence-corrected chi connectivity index (χ2v) is 4.22. The van der Waals surface area contributed by atoms with E-state index in [1.807, 2.05) is 30.3 Å². The molecule has 0 fully saturated rings. The second-order valence-electron chi connectivity index (χ2n) is 4.22. The Morgan fingerprint density at radius 1 is 0.722 bits per heavy atom. The van der Waals surface area contributed by atoms with Crippen molar-refractivity contribution in [2.75, 3.05) is 0 Å². The molecule has 2 heterocycles. The quantitative estimate of drug-likeness (QED) is 0.344. The predicted octanol–water partition coefficient (Wildman–Crippen LogP) is 3.33. The molecule has 18 heavy (non-hydrogen) atoms. The molecule has 0 saturated heterocycles. The normalized spacial score (nSPS) is 11.3. The summed E-state index contributed by atoms with van der Waals surface area (Å²) in [5.74, 6) is 0. The van der Waals surface area contributed by atoms with E-state index < -0.39 is 0 Å². The number of pyridine rings is 1. The summed E-state index contributed by atoms with van der Waals surface area (Å²) in [7, 11) is 0. The van der Waals surface area contributed by atoms with Crippen molar-refractivity contribution in [3.63, 3.8) is 0 Å². The van der Waals surface area contributed by atoms with Crippen molar-refractivity contribution in [2.45, 2.75) is 0 Å². The van der Waals surface area contributed by atoms with Crippen molar-refractivity contribution in [1.29, 1.82) is 0 Å². The van der Waals surface area contributed by atoms with Crippen LogP contribution in [0.25, 0.3) is 33.0 Å². The highest BCUT2D eigenvalue weighted by Crippen LogP contribution is 2.23. The lowest BCUT2D eigenvalue weighted by molar-refractivity contribution is 1.29. The largest absolute Gasteiger partial charge is 0.242 e. The molecule has 0 spiro atoms. The lowest BCUT2D eigenvalue weighted by Gasteiger charge is -2.03. The molecule has 3 heteroatoms. The Hall–Kier alpha value is -2.55. The fraction of sp³-hybridized carbons (Fsp3) is 0. The van der Waals surface area contributed by atoms with E-state index >= 15 is 0 Å². The monoisotopic (exact) mass is 231 g/mol. The maximum absolute atomic E-state index is 4.68. The average molecular weight is 231 g/mol. The molecular formula is C15H9N3. The minimum Gasteiger partial charge on any atom is -0.242 e. The van der Waals surface area contributed by atoms with Crippen molar-refractivity contribution in [1.82, 2.24) is 15.0 Å². The Kier molecular flexibility index (Phi) is 1.83. The smallest absolute Gasteiger partial charge is 0.178 e. The van der Waals surface area contributed by atoms with E-state index in [0.29, 0.717) is 5.65 Å². The van der Waals surface area contributed by atoms with Gasteiger partial charge in [0, 0.05) is 11.6 Å². The van der Waals surface area contributed by atoms with Gasteiger partial charge in [-0.15, -0.1) is 0 Å². The number of hydrogen-bond donors (Lipinski definition) is 0. The van der Waals surface area contributed by atoms with E-state index in [-0.39, 0.29) is 0 Å². The van der Waals surface area contributed by atoms with Gasteiger partial charge in [-0.1, -0.05) is 30.3 Å². The van der Waals surface area contributed by atoms with Crippen LogP contribution < -0.4 is 0 Å². The van der Waals surface area contributed by atoms with E-state index in [2.05, 4.69) is 33.2 Å². The minimum absolute atomic E-state index is 0.695.